The molecule has 126 valence electrons. The standard InChI is InChI=1S/C18H24ClFN2O/c19-16-4-1-5-17(20)15(16)11-14-3-2-10-22(14)18(23)7-6-13-8-9-21-12-13/h1,4-5,13-14,21H,2-3,6-12H2. The smallest absolute Gasteiger partial charge is 0.222 e. The number of carbonyl (C=O) groups is 1. The second-order valence-electron chi connectivity index (χ2n) is 6.69. The number of likely N-dealkylation sites (tertiary alicyclic amines) is 1. The molecule has 1 aromatic carbocycles. The van der Waals surface area contributed by atoms with Gasteiger partial charge in [0, 0.05) is 29.6 Å². The van der Waals surface area contributed by atoms with Crippen molar-refractivity contribution in [2.24, 2.45) is 5.92 Å². The Morgan fingerprint density at radius 3 is 3.00 bits per heavy atom. The van der Waals surface area contributed by atoms with Gasteiger partial charge in [0.2, 0.25) is 5.91 Å². The molecule has 0 radical (unpaired) electrons. The lowest BCUT2D eigenvalue weighted by atomic mass is 10.0. The molecule has 2 atom stereocenters. The molecule has 2 unspecified atom stereocenters. The number of amides is 1. The molecule has 0 bridgehead atoms. The summed E-state index contributed by atoms with van der Waals surface area (Å²) in [7, 11) is 0. The highest BCUT2D eigenvalue weighted by atomic mass is 35.5. The maximum atomic E-state index is 14.0. The fourth-order valence-corrected chi connectivity index (χ4v) is 4.01. The Kier molecular flexibility index (Phi) is 5.54. The topological polar surface area (TPSA) is 32.3 Å². The summed E-state index contributed by atoms with van der Waals surface area (Å²) in [4.78, 5) is 14.5. The predicted molar refractivity (Wildman–Crippen MR) is 90.1 cm³/mol. The minimum absolute atomic E-state index is 0.0820. The maximum Gasteiger partial charge on any atom is 0.222 e. The van der Waals surface area contributed by atoms with Gasteiger partial charge >= 0.3 is 0 Å². The number of benzene rings is 1. The van der Waals surface area contributed by atoms with E-state index in [1.165, 1.54) is 12.5 Å². The quantitative estimate of drug-likeness (QED) is 0.892. The Morgan fingerprint density at radius 2 is 2.26 bits per heavy atom. The first-order chi connectivity index (χ1) is 11.1. The van der Waals surface area contributed by atoms with Crippen molar-refractivity contribution in [3.8, 4) is 0 Å². The van der Waals surface area contributed by atoms with Crippen molar-refractivity contribution in [2.75, 3.05) is 19.6 Å². The predicted octanol–water partition coefficient (Wildman–Crippen LogP) is 3.40. The van der Waals surface area contributed by atoms with Crippen LogP contribution in [0.15, 0.2) is 18.2 Å². The lowest BCUT2D eigenvalue weighted by molar-refractivity contribution is -0.132. The van der Waals surface area contributed by atoms with Crippen molar-refractivity contribution < 1.29 is 9.18 Å². The molecule has 0 aromatic heterocycles. The highest BCUT2D eigenvalue weighted by molar-refractivity contribution is 6.31. The molecule has 3 nitrogen and oxygen atoms in total. The zero-order chi connectivity index (χ0) is 16.2. The van der Waals surface area contributed by atoms with E-state index in [0.717, 1.165) is 38.9 Å². The third-order valence-corrected chi connectivity index (χ3v) is 5.48. The van der Waals surface area contributed by atoms with Crippen molar-refractivity contribution in [3.63, 3.8) is 0 Å². The van der Waals surface area contributed by atoms with Crippen LogP contribution in [0.3, 0.4) is 0 Å². The van der Waals surface area contributed by atoms with Gasteiger partial charge in [0.05, 0.1) is 0 Å². The SMILES string of the molecule is O=C(CCC1CCNC1)N1CCCC1Cc1c(F)cccc1Cl. The zero-order valence-corrected chi connectivity index (χ0v) is 14.1. The monoisotopic (exact) mass is 338 g/mol. The second kappa shape index (κ2) is 7.63. The molecule has 2 saturated heterocycles. The van der Waals surface area contributed by atoms with Crippen LogP contribution in [0, 0.1) is 11.7 Å². The second-order valence-corrected chi connectivity index (χ2v) is 7.09. The fourth-order valence-electron chi connectivity index (χ4n) is 3.77. The normalized spacial score (nSPS) is 24.3. The minimum atomic E-state index is -0.270. The molecule has 1 aromatic rings. The van der Waals surface area contributed by atoms with Crippen LogP contribution >= 0.6 is 11.6 Å². The van der Waals surface area contributed by atoms with E-state index in [1.807, 2.05) is 4.90 Å². The molecule has 2 aliphatic heterocycles. The van der Waals surface area contributed by atoms with E-state index in [9.17, 15) is 9.18 Å². The molecule has 0 aliphatic carbocycles. The molecule has 2 aliphatic rings. The number of rotatable bonds is 5. The van der Waals surface area contributed by atoms with E-state index >= 15 is 0 Å². The van der Waals surface area contributed by atoms with Crippen LogP contribution in [-0.2, 0) is 11.2 Å². The minimum Gasteiger partial charge on any atom is -0.339 e. The Hall–Kier alpha value is -1.13. The number of nitrogens with one attached hydrogen (secondary N) is 1. The Bertz CT molecular complexity index is 540. The Morgan fingerprint density at radius 1 is 1.39 bits per heavy atom. The molecule has 2 fully saturated rings. The average Bonchev–Trinajstić information content (AvgIpc) is 3.20. The van der Waals surface area contributed by atoms with E-state index in [2.05, 4.69) is 5.32 Å². The molecular formula is C18H24ClFN2O. The third-order valence-electron chi connectivity index (χ3n) is 5.13. The zero-order valence-electron chi connectivity index (χ0n) is 13.4. The highest BCUT2D eigenvalue weighted by Gasteiger charge is 2.30. The molecule has 0 saturated carbocycles. The molecule has 3 rings (SSSR count). The number of nitrogens with zero attached hydrogens (tertiary/aromatic N) is 1. The van der Waals surface area contributed by atoms with Gasteiger partial charge in [0.1, 0.15) is 5.82 Å². The van der Waals surface area contributed by atoms with Crippen molar-refractivity contribution in [1.29, 1.82) is 0 Å². The first-order valence-electron chi connectivity index (χ1n) is 8.58. The van der Waals surface area contributed by atoms with Crippen molar-refractivity contribution in [1.82, 2.24) is 10.2 Å². The van der Waals surface area contributed by atoms with Gasteiger partial charge in [-0.25, -0.2) is 4.39 Å². The van der Waals surface area contributed by atoms with E-state index < -0.39 is 0 Å². The lowest BCUT2D eigenvalue weighted by Gasteiger charge is -2.26. The summed E-state index contributed by atoms with van der Waals surface area (Å²) in [6.45, 7) is 2.89. The third kappa shape index (κ3) is 4.04. The van der Waals surface area contributed by atoms with E-state index in [-0.39, 0.29) is 17.8 Å². The molecule has 2 heterocycles. The van der Waals surface area contributed by atoms with Crippen LogP contribution in [0.4, 0.5) is 4.39 Å². The van der Waals surface area contributed by atoms with Crippen LogP contribution in [0.1, 0.15) is 37.7 Å². The Labute approximate surface area is 142 Å². The summed E-state index contributed by atoms with van der Waals surface area (Å²) in [6, 6.07) is 4.86. The average molecular weight is 339 g/mol. The summed E-state index contributed by atoms with van der Waals surface area (Å²) in [5.74, 6) is 0.571. The molecule has 5 heteroatoms. The largest absolute Gasteiger partial charge is 0.339 e. The van der Waals surface area contributed by atoms with Gasteiger partial charge < -0.3 is 10.2 Å². The first-order valence-corrected chi connectivity index (χ1v) is 8.96. The summed E-state index contributed by atoms with van der Waals surface area (Å²) in [5, 5.41) is 3.80. The molecule has 1 amide bonds. The van der Waals surface area contributed by atoms with Crippen LogP contribution < -0.4 is 5.32 Å². The van der Waals surface area contributed by atoms with E-state index in [0.29, 0.717) is 29.3 Å². The highest BCUT2D eigenvalue weighted by Crippen LogP contribution is 2.27. The van der Waals surface area contributed by atoms with Crippen molar-refractivity contribution in [2.45, 2.75) is 44.6 Å². The number of hydrogen-bond donors (Lipinski definition) is 1. The molecule has 0 spiro atoms. The van der Waals surface area contributed by atoms with Gasteiger partial charge in [-0.05, 0) is 63.2 Å². The van der Waals surface area contributed by atoms with Gasteiger partial charge in [-0.1, -0.05) is 17.7 Å². The Balaban J connectivity index is 1.59. The van der Waals surface area contributed by atoms with Crippen LogP contribution in [0.5, 0.6) is 0 Å². The summed E-state index contributed by atoms with van der Waals surface area (Å²) < 4.78 is 14.0. The summed E-state index contributed by atoms with van der Waals surface area (Å²) in [6.07, 6.45) is 5.17. The number of carbonyl (C=O) groups excluding carboxylic acids is 1. The van der Waals surface area contributed by atoms with Crippen molar-refractivity contribution >= 4 is 17.5 Å². The number of hydrogen-bond acceptors (Lipinski definition) is 2. The van der Waals surface area contributed by atoms with E-state index in [4.69, 9.17) is 11.6 Å². The summed E-state index contributed by atoms with van der Waals surface area (Å²) in [5.41, 5.74) is 0.541. The van der Waals surface area contributed by atoms with Crippen LogP contribution in [0.25, 0.3) is 0 Å². The van der Waals surface area contributed by atoms with Gasteiger partial charge in [-0.3, -0.25) is 4.79 Å². The molecular weight excluding hydrogens is 315 g/mol. The lowest BCUT2D eigenvalue weighted by Crippen LogP contribution is -2.37. The molecule has 1 N–H and O–H groups in total. The van der Waals surface area contributed by atoms with Gasteiger partial charge in [-0.15, -0.1) is 0 Å². The maximum absolute atomic E-state index is 14.0. The fraction of sp³-hybridized carbons (Fsp3) is 0.611. The van der Waals surface area contributed by atoms with Gasteiger partial charge in [0.15, 0.2) is 0 Å². The van der Waals surface area contributed by atoms with Gasteiger partial charge in [-0.2, -0.15) is 0 Å². The van der Waals surface area contributed by atoms with Crippen LogP contribution in [0.2, 0.25) is 5.02 Å². The van der Waals surface area contributed by atoms with Gasteiger partial charge in [0.25, 0.3) is 0 Å². The number of halogens is 2. The van der Waals surface area contributed by atoms with Crippen molar-refractivity contribution in [3.05, 3.63) is 34.6 Å². The summed E-state index contributed by atoms with van der Waals surface area (Å²) >= 11 is 6.13. The first kappa shape index (κ1) is 16.7. The van der Waals surface area contributed by atoms with Crippen LogP contribution in [-0.4, -0.2) is 36.5 Å². The van der Waals surface area contributed by atoms with E-state index in [1.54, 1.807) is 12.1 Å². The molecule has 23 heavy (non-hydrogen) atoms.